The molecule has 2 aromatic heterocycles. The van der Waals surface area contributed by atoms with E-state index in [0.717, 1.165) is 0 Å². The van der Waals surface area contributed by atoms with E-state index in [1.54, 1.807) is 6.20 Å². The van der Waals surface area contributed by atoms with Gasteiger partial charge in [-0.05, 0) is 40.0 Å². The highest BCUT2D eigenvalue weighted by Crippen LogP contribution is 2.26. The molecule has 2 aromatic rings. The summed E-state index contributed by atoms with van der Waals surface area (Å²) >= 11 is 0. The minimum Gasteiger partial charge on any atom is -0.489 e. The summed E-state index contributed by atoms with van der Waals surface area (Å²) in [6, 6.07) is 3.96. The van der Waals surface area contributed by atoms with Gasteiger partial charge in [-0.1, -0.05) is 5.16 Å². The fourth-order valence-corrected chi connectivity index (χ4v) is 1.71. The van der Waals surface area contributed by atoms with Crippen molar-refractivity contribution in [2.45, 2.75) is 39.3 Å². The van der Waals surface area contributed by atoms with Crippen LogP contribution in [-0.4, -0.2) is 34.3 Å². The van der Waals surface area contributed by atoms with Crippen molar-refractivity contribution in [2.75, 3.05) is 7.05 Å². The minimum absolute atomic E-state index is 0. The number of rotatable bonds is 6. The molecule has 0 aliphatic carbocycles. The van der Waals surface area contributed by atoms with E-state index in [1.807, 2.05) is 33.0 Å². The third-order valence-corrected chi connectivity index (χ3v) is 2.79. The smallest absolute Gasteiger partial charge is 0.280 e. The molecule has 0 fully saturated rings. The molecule has 0 saturated heterocycles. The first kappa shape index (κ1) is 17.4. The maximum Gasteiger partial charge on any atom is 0.280 e. The van der Waals surface area contributed by atoms with Crippen LogP contribution < -0.4 is 10.1 Å². The van der Waals surface area contributed by atoms with Crippen LogP contribution in [0.2, 0.25) is 0 Å². The lowest BCUT2D eigenvalue weighted by Crippen LogP contribution is -2.24. The summed E-state index contributed by atoms with van der Waals surface area (Å²) in [5, 5.41) is 7.12. The van der Waals surface area contributed by atoms with Crippen molar-refractivity contribution >= 4 is 12.4 Å². The number of ether oxygens (including phenoxy) is 1. The Labute approximate surface area is 130 Å². The Morgan fingerprint density at radius 1 is 1.33 bits per heavy atom. The van der Waals surface area contributed by atoms with Crippen LogP contribution in [0.25, 0.3) is 11.6 Å². The second kappa shape index (κ2) is 7.95. The van der Waals surface area contributed by atoms with Crippen LogP contribution in [0.1, 0.15) is 26.6 Å². The van der Waals surface area contributed by atoms with E-state index in [4.69, 9.17) is 9.26 Å². The lowest BCUT2D eigenvalue weighted by atomic mass is 10.2. The molecule has 0 radical (unpaired) electrons. The molecule has 2 rings (SSSR count). The number of likely N-dealkylation sites (N-methyl/N-ethyl adjacent to an activating group) is 1. The number of hydrogen-bond donors (Lipinski definition) is 1. The van der Waals surface area contributed by atoms with Crippen molar-refractivity contribution in [1.29, 1.82) is 0 Å². The van der Waals surface area contributed by atoms with Gasteiger partial charge in [0.05, 0.1) is 6.10 Å². The molecule has 1 atom stereocenters. The molecule has 2 heterocycles. The molecule has 0 spiro atoms. The van der Waals surface area contributed by atoms with E-state index in [1.165, 1.54) is 0 Å². The fraction of sp³-hybridized carbons (Fsp3) is 0.500. The van der Waals surface area contributed by atoms with Gasteiger partial charge in [0, 0.05) is 18.7 Å². The van der Waals surface area contributed by atoms with Crippen LogP contribution in [0.15, 0.2) is 22.9 Å². The zero-order chi connectivity index (χ0) is 14.5. The minimum atomic E-state index is 0. The second-order valence-corrected chi connectivity index (χ2v) is 4.93. The van der Waals surface area contributed by atoms with Crippen molar-refractivity contribution in [1.82, 2.24) is 20.4 Å². The summed E-state index contributed by atoms with van der Waals surface area (Å²) in [6.07, 6.45) is 2.44. The number of nitrogens with one attached hydrogen (secondary N) is 1. The maximum atomic E-state index is 5.71. The van der Waals surface area contributed by atoms with Gasteiger partial charge in [-0.2, -0.15) is 4.98 Å². The molecule has 0 amide bonds. The van der Waals surface area contributed by atoms with E-state index < -0.39 is 0 Å². The summed E-state index contributed by atoms with van der Waals surface area (Å²) in [7, 11) is 1.90. The summed E-state index contributed by atoms with van der Waals surface area (Å²) in [6.45, 7) is 5.99. The molecule has 0 bridgehead atoms. The number of hydrogen-bond acceptors (Lipinski definition) is 6. The largest absolute Gasteiger partial charge is 0.489 e. The van der Waals surface area contributed by atoms with Crippen LogP contribution >= 0.6 is 12.4 Å². The lowest BCUT2D eigenvalue weighted by molar-refractivity contribution is 0.242. The Balaban J connectivity index is 0.00000220. The van der Waals surface area contributed by atoms with Gasteiger partial charge in [0.1, 0.15) is 0 Å². The topological polar surface area (TPSA) is 73.1 Å². The third-order valence-electron chi connectivity index (χ3n) is 2.79. The molecule has 0 aliphatic heterocycles. The van der Waals surface area contributed by atoms with Crippen LogP contribution in [-0.2, 0) is 6.42 Å². The molecule has 116 valence electrons. The first-order chi connectivity index (χ1) is 9.60. The van der Waals surface area contributed by atoms with Gasteiger partial charge in [0.15, 0.2) is 17.3 Å². The van der Waals surface area contributed by atoms with Gasteiger partial charge < -0.3 is 14.6 Å². The van der Waals surface area contributed by atoms with Crippen LogP contribution in [0.3, 0.4) is 0 Å². The van der Waals surface area contributed by atoms with E-state index in [2.05, 4.69) is 27.4 Å². The molecule has 1 N–H and O–H groups in total. The zero-order valence-corrected chi connectivity index (χ0v) is 13.5. The van der Waals surface area contributed by atoms with Gasteiger partial charge in [0.25, 0.3) is 5.89 Å². The standard InChI is InChI=1S/C14H20N4O2.ClH/c1-9(2)19-11-6-5-7-16-13(11)14-17-12(18-20-14)8-10(3)15-4;/h5-7,9-10,15H,8H2,1-4H3;1H. The van der Waals surface area contributed by atoms with Crippen molar-refractivity contribution in [2.24, 2.45) is 0 Å². The summed E-state index contributed by atoms with van der Waals surface area (Å²) < 4.78 is 11.0. The van der Waals surface area contributed by atoms with Gasteiger partial charge in [-0.15, -0.1) is 12.4 Å². The van der Waals surface area contributed by atoms with Gasteiger partial charge in [-0.25, -0.2) is 4.98 Å². The molecule has 21 heavy (non-hydrogen) atoms. The molecular weight excluding hydrogens is 292 g/mol. The van der Waals surface area contributed by atoms with Crippen LogP contribution in [0, 0.1) is 0 Å². The van der Waals surface area contributed by atoms with Crippen LogP contribution in [0.5, 0.6) is 5.75 Å². The Bertz CT molecular complexity index is 559. The summed E-state index contributed by atoms with van der Waals surface area (Å²) in [5.74, 6) is 1.70. The highest BCUT2D eigenvalue weighted by atomic mass is 35.5. The zero-order valence-electron chi connectivity index (χ0n) is 12.7. The van der Waals surface area contributed by atoms with Gasteiger partial charge >= 0.3 is 0 Å². The fourth-order valence-electron chi connectivity index (χ4n) is 1.71. The van der Waals surface area contributed by atoms with Gasteiger partial charge in [0.2, 0.25) is 0 Å². The van der Waals surface area contributed by atoms with Gasteiger partial charge in [-0.3, -0.25) is 0 Å². The Hall–Kier alpha value is -1.66. The highest BCUT2D eigenvalue weighted by molar-refractivity contribution is 5.85. The molecule has 0 aromatic carbocycles. The molecule has 0 saturated carbocycles. The number of pyridine rings is 1. The number of halogens is 1. The van der Waals surface area contributed by atoms with E-state index in [0.29, 0.717) is 29.6 Å². The van der Waals surface area contributed by atoms with E-state index >= 15 is 0 Å². The molecule has 0 aliphatic rings. The number of nitrogens with zero attached hydrogens (tertiary/aromatic N) is 3. The predicted octanol–water partition coefficient (Wildman–Crippen LogP) is 2.49. The highest BCUT2D eigenvalue weighted by Gasteiger charge is 2.17. The third kappa shape index (κ3) is 4.68. The second-order valence-electron chi connectivity index (χ2n) is 4.93. The number of aromatic nitrogens is 3. The van der Waals surface area contributed by atoms with Crippen LogP contribution in [0.4, 0.5) is 0 Å². The summed E-state index contributed by atoms with van der Waals surface area (Å²) in [5.41, 5.74) is 0.581. The van der Waals surface area contributed by atoms with Crippen molar-refractivity contribution in [3.8, 4) is 17.3 Å². The van der Waals surface area contributed by atoms with Crippen molar-refractivity contribution in [3.05, 3.63) is 24.2 Å². The molecule has 7 heteroatoms. The Morgan fingerprint density at radius 2 is 2.10 bits per heavy atom. The van der Waals surface area contributed by atoms with Crippen molar-refractivity contribution in [3.63, 3.8) is 0 Å². The maximum absolute atomic E-state index is 5.71. The average Bonchev–Trinajstić information content (AvgIpc) is 2.87. The summed E-state index contributed by atoms with van der Waals surface area (Å²) in [4.78, 5) is 8.65. The molecule has 1 unspecified atom stereocenters. The molecular formula is C14H21ClN4O2. The van der Waals surface area contributed by atoms with E-state index in [-0.39, 0.29) is 24.6 Å². The normalized spacial score (nSPS) is 12.0. The Morgan fingerprint density at radius 3 is 2.76 bits per heavy atom. The quantitative estimate of drug-likeness (QED) is 0.883. The van der Waals surface area contributed by atoms with E-state index in [9.17, 15) is 0 Å². The molecule has 6 nitrogen and oxygen atoms in total. The Kier molecular flexibility index (Phi) is 6.58. The average molecular weight is 313 g/mol. The monoisotopic (exact) mass is 312 g/mol. The predicted molar refractivity (Wildman–Crippen MR) is 82.8 cm³/mol. The first-order valence-corrected chi connectivity index (χ1v) is 6.72. The lowest BCUT2D eigenvalue weighted by Gasteiger charge is -2.10. The first-order valence-electron chi connectivity index (χ1n) is 6.72. The SMILES string of the molecule is CNC(C)Cc1noc(-c2ncccc2OC(C)C)n1.Cl. The van der Waals surface area contributed by atoms with Crippen molar-refractivity contribution < 1.29 is 9.26 Å².